The molecule has 0 spiro atoms. The van der Waals surface area contributed by atoms with Gasteiger partial charge < -0.3 is 13.9 Å². The lowest BCUT2D eigenvalue weighted by Gasteiger charge is -2.27. The zero-order valence-electron chi connectivity index (χ0n) is 13.3. The van der Waals surface area contributed by atoms with E-state index in [1.54, 1.807) is 13.8 Å². The Morgan fingerprint density at radius 3 is 2.32 bits per heavy atom. The van der Waals surface area contributed by atoms with Crippen LogP contribution in [0.1, 0.15) is 77.6 Å². The highest BCUT2D eigenvalue weighted by Gasteiger charge is 2.43. The van der Waals surface area contributed by atoms with Crippen molar-refractivity contribution in [1.82, 2.24) is 0 Å². The molecule has 0 aliphatic heterocycles. The predicted molar refractivity (Wildman–Crippen MR) is 77.2 cm³/mol. The highest BCUT2D eigenvalue weighted by molar-refractivity contribution is 6.12. The van der Waals surface area contributed by atoms with Crippen LogP contribution in [0.4, 0.5) is 0 Å². The summed E-state index contributed by atoms with van der Waals surface area (Å²) in [6.07, 6.45) is 0.894. The van der Waals surface area contributed by atoms with Crippen molar-refractivity contribution in [3.8, 4) is 0 Å². The summed E-state index contributed by atoms with van der Waals surface area (Å²) in [5, 5.41) is 0. The molecule has 0 aromatic carbocycles. The lowest BCUT2D eigenvalue weighted by molar-refractivity contribution is 0.0449. The second kappa shape index (κ2) is 5.94. The zero-order chi connectivity index (χ0) is 16.5. The van der Waals surface area contributed by atoms with Crippen LogP contribution in [0.2, 0.25) is 0 Å². The van der Waals surface area contributed by atoms with Gasteiger partial charge in [-0.2, -0.15) is 0 Å². The van der Waals surface area contributed by atoms with Crippen molar-refractivity contribution in [3.63, 3.8) is 0 Å². The molecule has 0 unspecified atom stereocenters. The van der Waals surface area contributed by atoms with Crippen LogP contribution in [0.5, 0.6) is 0 Å². The summed E-state index contributed by atoms with van der Waals surface area (Å²) < 4.78 is 15.5. The van der Waals surface area contributed by atoms with Gasteiger partial charge in [0.05, 0.1) is 18.8 Å². The van der Waals surface area contributed by atoms with Gasteiger partial charge in [-0.05, 0) is 20.3 Å². The van der Waals surface area contributed by atoms with E-state index in [4.69, 9.17) is 13.9 Å². The van der Waals surface area contributed by atoms with Gasteiger partial charge in [0.15, 0.2) is 5.78 Å². The van der Waals surface area contributed by atoms with Gasteiger partial charge in [-0.3, -0.25) is 4.79 Å². The van der Waals surface area contributed by atoms with Gasteiger partial charge in [0, 0.05) is 11.8 Å². The molecule has 0 amide bonds. The zero-order valence-corrected chi connectivity index (χ0v) is 13.3. The Labute approximate surface area is 128 Å². The molecule has 0 saturated heterocycles. The summed E-state index contributed by atoms with van der Waals surface area (Å²) in [7, 11) is 0. The molecule has 22 heavy (non-hydrogen) atoms. The van der Waals surface area contributed by atoms with E-state index >= 15 is 0 Å². The van der Waals surface area contributed by atoms with Crippen LogP contribution in [0.15, 0.2) is 4.42 Å². The third-order valence-electron chi connectivity index (χ3n) is 3.72. The molecule has 0 saturated carbocycles. The van der Waals surface area contributed by atoms with Crippen LogP contribution in [-0.4, -0.2) is 30.9 Å². The maximum atomic E-state index is 12.3. The van der Waals surface area contributed by atoms with E-state index in [1.807, 2.05) is 13.8 Å². The second-order valence-electron chi connectivity index (χ2n) is 5.76. The molecule has 120 valence electrons. The maximum absolute atomic E-state index is 12.3. The molecule has 0 atom stereocenters. The lowest BCUT2D eigenvalue weighted by atomic mass is 9.76. The Morgan fingerprint density at radius 2 is 1.73 bits per heavy atom. The molecule has 0 bridgehead atoms. The number of carbonyl (C=O) groups excluding carboxylic acids is 3. The first-order valence-electron chi connectivity index (χ1n) is 7.38. The average Bonchev–Trinajstić information content (AvgIpc) is 2.86. The molecule has 1 aromatic rings. The van der Waals surface area contributed by atoms with Crippen molar-refractivity contribution in [2.75, 3.05) is 13.2 Å². The van der Waals surface area contributed by atoms with Gasteiger partial charge in [-0.1, -0.05) is 13.8 Å². The first-order chi connectivity index (χ1) is 10.3. The van der Waals surface area contributed by atoms with Crippen LogP contribution in [-0.2, 0) is 14.9 Å². The summed E-state index contributed by atoms with van der Waals surface area (Å²) >= 11 is 0. The van der Waals surface area contributed by atoms with Gasteiger partial charge in [0.1, 0.15) is 11.3 Å². The van der Waals surface area contributed by atoms with Crippen LogP contribution in [0, 0.1) is 0 Å². The van der Waals surface area contributed by atoms with E-state index in [-0.39, 0.29) is 35.9 Å². The minimum Gasteiger partial charge on any atom is -0.462 e. The van der Waals surface area contributed by atoms with E-state index in [2.05, 4.69) is 0 Å². The van der Waals surface area contributed by atoms with Crippen molar-refractivity contribution < 1.29 is 28.3 Å². The van der Waals surface area contributed by atoms with Crippen molar-refractivity contribution in [1.29, 1.82) is 0 Å². The first-order valence-corrected chi connectivity index (χ1v) is 7.38. The van der Waals surface area contributed by atoms with Gasteiger partial charge in [-0.15, -0.1) is 0 Å². The van der Waals surface area contributed by atoms with Gasteiger partial charge in [-0.25, -0.2) is 9.59 Å². The van der Waals surface area contributed by atoms with E-state index < -0.39 is 17.4 Å². The van der Waals surface area contributed by atoms with E-state index in [0.717, 1.165) is 0 Å². The summed E-state index contributed by atoms with van der Waals surface area (Å²) in [4.78, 5) is 36.6. The minimum atomic E-state index is -0.761. The molecule has 0 fully saturated rings. The fourth-order valence-corrected chi connectivity index (χ4v) is 2.58. The molecule has 2 rings (SSSR count). The minimum absolute atomic E-state index is 0.104. The third-order valence-corrected chi connectivity index (χ3v) is 3.72. The van der Waals surface area contributed by atoms with Crippen molar-refractivity contribution in [2.45, 2.75) is 46.0 Å². The molecule has 0 N–H and O–H groups in total. The topological polar surface area (TPSA) is 82.8 Å². The summed E-state index contributed by atoms with van der Waals surface area (Å²) in [6, 6.07) is 0. The van der Waals surface area contributed by atoms with Gasteiger partial charge >= 0.3 is 11.9 Å². The van der Waals surface area contributed by atoms with Crippen LogP contribution in [0.3, 0.4) is 0 Å². The SMILES string of the molecule is CCOC(=O)c1oc2c(c1C(=O)OCC)C(=O)CCC2(C)C. The summed E-state index contributed by atoms with van der Waals surface area (Å²) in [6.45, 7) is 7.40. The largest absolute Gasteiger partial charge is 0.462 e. The fraction of sp³-hybridized carbons (Fsp3) is 0.562. The van der Waals surface area contributed by atoms with Crippen LogP contribution >= 0.6 is 0 Å². The number of ketones is 1. The molecular weight excluding hydrogens is 288 g/mol. The number of rotatable bonds is 4. The highest BCUT2D eigenvalue weighted by atomic mass is 16.5. The smallest absolute Gasteiger partial charge is 0.375 e. The van der Waals surface area contributed by atoms with E-state index in [0.29, 0.717) is 18.6 Å². The van der Waals surface area contributed by atoms with E-state index in [9.17, 15) is 14.4 Å². The molecular formula is C16H20O6. The second-order valence-corrected chi connectivity index (χ2v) is 5.76. The van der Waals surface area contributed by atoms with Crippen LogP contribution in [0.25, 0.3) is 0 Å². The number of Topliss-reactive ketones (excluding diaryl/α,β-unsaturated/α-hetero) is 1. The molecule has 1 aromatic heterocycles. The quantitative estimate of drug-likeness (QED) is 0.795. The molecule has 1 aliphatic rings. The Hall–Kier alpha value is -2.11. The Morgan fingerprint density at radius 1 is 1.14 bits per heavy atom. The van der Waals surface area contributed by atoms with Gasteiger partial charge in [0.2, 0.25) is 5.76 Å². The Kier molecular flexibility index (Phi) is 4.39. The monoisotopic (exact) mass is 308 g/mol. The van der Waals surface area contributed by atoms with E-state index in [1.165, 1.54) is 0 Å². The van der Waals surface area contributed by atoms with Crippen molar-refractivity contribution >= 4 is 17.7 Å². The lowest BCUT2D eigenvalue weighted by Crippen LogP contribution is -2.27. The molecule has 6 nitrogen and oxygen atoms in total. The van der Waals surface area contributed by atoms with Gasteiger partial charge in [0.25, 0.3) is 0 Å². The summed E-state index contributed by atoms with van der Waals surface area (Å²) in [5.41, 5.74) is -0.374. The number of furan rings is 1. The number of hydrogen-bond donors (Lipinski definition) is 0. The molecule has 0 radical (unpaired) electrons. The molecule has 1 aliphatic carbocycles. The van der Waals surface area contributed by atoms with Crippen molar-refractivity contribution in [2.24, 2.45) is 0 Å². The number of esters is 2. The molecule has 6 heteroatoms. The predicted octanol–water partition coefficient (Wildman–Crippen LogP) is 2.89. The average molecular weight is 308 g/mol. The highest BCUT2D eigenvalue weighted by Crippen LogP contribution is 2.41. The number of hydrogen-bond acceptors (Lipinski definition) is 6. The third kappa shape index (κ3) is 2.65. The van der Waals surface area contributed by atoms with Crippen LogP contribution < -0.4 is 0 Å². The number of carbonyl (C=O) groups is 3. The first kappa shape index (κ1) is 16.3. The maximum Gasteiger partial charge on any atom is 0.375 e. The fourth-order valence-electron chi connectivity index (χ4n) is 2.58. The standard InChI is InChI=1S/C16H20O6/c1-5-20-14(18)11-10-9(17)7-8-16(3,4)13(10)22-12(11)15(19)21-6-2/h5-8H2,1-4H3. The number of ether oxygens (including phenoxy) is 2. The Balaban J connectivity index is 2.66. The normalized spacial score (nSPS) is 16.1. The Bertz CT molecular complexity index is 623. The number of fused-ring (bicyclic) bond motifs is 1. The van der Waals surface area contributed by atoms with Crippen molar-refractivity contribution in [3.05, 3.63) is 22.6 Å². The molecule has 1 heterocycles. The summed E-state index contributed by atoms with van der Waals surface area (Å²) in [5.74, 6) is -1.59.